The van der Waals surface area contributed by atoms with Crippen LogP contribution < -0.4 is 5.32 Å². The lowest BCUT2D eigenvalue weighted by molar-refractivity contribution is -0.154. The van der Waals surface area contributed by atoms with Gasteiger partial charge in [0.1, 0.15) is 6.04 Å². The molecule has 6 heteroatoms. The van der Waals surface area contributed by atoms with Crippen LogP contribution in [0.4, 0.5) is 0 Å². The van der Waals surface area contributed by atoms with Crippen LogP contribution in [0.2, 0.25) is 0 Å². The fourth-order valence-electron chi connectivity index (χ4n) is 2.00. The summed E-state index contributed by atoms with van der Waals surface area (Å²) in [6.07, 6.45) is 2.42. The van der Waals surface area contributed by atoms with Crippen LogP contribution in [0, 0.1) is 5.92 Å². The smallest absolute Gasteiger partial charge is 0.325 e. The molecule has 1 heterocycles. The lowest BCUT2D eigenvalue weighted by atomic mass is 10.2. The second-order valence-electron chi connectivity index (χ2n) is 4.83. The van der Waals surface area contributed by atoms with Gasteiger partial charge in [0.05, 0.1) is 26.9 Å². The molecule has 1 amide bonds. The van der Waals surface area contributed by atoms with Crippen molar-refractivity contribution in [1.82, 2.24) is 10.2 Å². The average molecular weight is 256 g/mol. The Morgan fingerprint density at radius 2 is 2.22 bits per heavy atom. The summed E-state index contributed by atoms with van der Waals surface area (Å²) in [5.41, 5.74) is 0. The predicted octanol–water partition coefficient (Wildman–Crippen LogP) is -0.614. The number of morpholine rings is 1. The highest BCUT2D eigenvalue weighted by atomic mass is 16.5. The molecule has 0 spiro atoms. The molecule has 6 nitrogen and oxygen atoms in total. The molecule has 1 saturated carbocycles. The number of carbonyl (C=O) groups excluding carboxylic acids is 2. The zero-order chi connectivity index (χ0) is 13.0. The molecule has 1 N–H and O–H groups in total. The van der Waals surface area contributed by atoms with Gasteiger partial charge in [-0.05, 0) is 18.8 Å². The molecule has 1 aliphatic carbocycles. The molecule has 102 valence electrons. The van der Waals surface area contributed by atoms with E-state index in [1.807, 2.05) is 4.90 Å². The summed E-state index contributed by atoms with van der Waals surface area (Å²) in [5.74, 6) is 0.289. The van der Waals surface area contributed by atoms with E-state index in [2.05, 4.69) is 5.32 Å². The van der Waals surface area contributed by atoms with Crippen LogP contribution in [-0.2, 0) is 19.1 Å². The zero-order valence-electron chi connectivity index (χ0n) is 10.7. The molecule has 0 aromatic heterocycles. The molecule has 0 aromatic carbocycles. The van der Waals surface area contributed by atoms with Gasteiger partial charge < -0.3 is 14.8 Å². The number of hydrogen-bond acceptors (Lipinski definition) is 5. The Kier molecular flexibility index (Phi) is 4.54. The molecule has 2 fully saturated rings. The minimum Gasteiger partial charge on any atom is -0.468 e. The van der Waals surface area contributed by atoms with E-state index in [1.165, 1.54) is 20.0 Å². The van der Waals surface area contributed by atoms with Crippen molar-refractivity contribution in [2.75, 3.05) is 40.0 Å². The molecule has 1 saturated heterocycles. The first-order valence-corrected chi connectivity index (χ1v) is 6.37. The fraction of sp³-hybridized carbons (Fsp3) is 0.833. The maximum atomic E-state index is 11.8. The third kappa shape index (κ3) is 3.68. The van der Waals surface area contributed by atoms with Gasteiger partial charge in [0, 0.05) is 13.1 Å². The van der Waals surface area contributed by atoms with Crippen molar-refractivity contribution in [3.8, 4) is 0 Å². The second kappa shape index (κ2) is 6.15. The Bertz CT molecular complexity index is 317. The van der Waals surface area contributed by atoms with Crippen LogP contribution >= 0.6 is 0 Å². The third-order valence-corrected chi connectivity index (χ3v) is 3.34. The molecule has 2 aliphatic rings. The number of esters is 1. The molecule has 2 rings (SSSR count). The van der Waals surface area contributed by atoms with E-state index in [0.717, 1.165) is 6.54 Å². The van der Waals surface area contributed by atoms with E-state index < -0.39 is 6.04 Å². The number of ether oxygens (including phenoxy) is 2. The summed E-state index contributed by atoms with van der Waals surface area (Å²) in [4.78, 5) is 25.1. The standard InChI is InChI=1S/C12H20N2O4/c1-17-12(16)10-8-18-5-4-14(10)7-11(15)13-6-9-2-3-9/h9-10H,2-8H2,1H3,(H,13,15). The molecule has 18 heavy (non-hydrogen) atoms. The van der Waals surface area contributed by atoms with E-state index in [1.54, 1.807) is 0 Å². The monoisotopic (exact) mass is 256 g/mol. The molecular formula is C12H20N2O4. The summed E-state index contributed by atoms with van der Waals surface area (Å²) >= 11 is 0. The molecule has 1 unspecified atom stereocenters. The van der Waals surface area contributed by atoms with Crippen molar-refractivity contribution in [2.24, 2.45) is 5.92 Å². The van der Waals surface area contributed by atoms with Gasteiger partial charge in [0.25, 0.3) is 0 Å². The van der Waals surface area contributed by atoms with Crippen LogP contribution in [0.3, 0.4) is 0 Å². The Hall–Kier alpha value is -1.14. The van der Waals surface area contributed by atoms with Gasteiger partial charge in [-0.3, -0.25) is 14.5 Å². The second-order valence-corrected chi connectivity index (χ2v) is 4.83. The van der Waals surface area contributed by atoms with Crippen molar-refractivity contribution < 1.29 is 19.1 Å². The highest BCUT2D eigenvalue weighted by molar-refractivity contribution is 5.80. The lowest BCUT2D eigenvalue weighted by Gasteiger charge is -2.32. The molecule has 0 aromatic rings. The summed E-state index contributed by atoms with van der Waals surface area (Å²) in [6, 6.07) is -0.463. The maximum Gasteiger partial charge on any atom is 0.325 e. The highest BCUT2D eigenvalue weighted by Crippen LogP contribution is 2.27. The third-order valence-electron chi connectivity index (χ3n) is 3.34. The van der Waals surface area contributed by atoms with E-state index >= 15 is 0 Å². The number of nitrogens with zero attached hydrogens (tertiary/aromatic N) is 1. The predicted molar refractivity (Wildman–Crippen MR) is 63.9 cm³/mol. The van der Waals surface area contributed by atoms with Gasteiger partial charge >= 0.3 is 5.97 Å². The van der Waals surface area contributed by atoms with Crippen molar-refractivity contribution in [3.05, 3.63) is 0 Å². The molecule has 0 bridgehead atoms. The fourth-order valence-corrected chi connectivity index (χ4v) is 2.00. The number of methoxy groups -OCH3 is 1. The summed E-state index contributed by atoms with van der Waals surface area (Å²) < 4.78 is 9.97. The van der Waals surface area contributed by atoms with Crippen LogP contribution in [0.5, 0.6) is 0 Å². The average Bonchev–Trinajstić information content (AvgIpc) is 3.20. The van der Waals surface area contributed by atoms with Gasteiger partial charge in [0.15, 0.2) is 0 Å². The van der Waals surface area contributed by atoms with Gasteiger partial charge in [-0.1, -0.05) is 0 Å². The topological polar surface area (TPSA) is 67.9 Å². The van der Waals surface area contributed by atoms with Crippen molar-refractivity contribution >= 4 is 11.9 Å². The molecule has 1 aliphatic heterocycles. The quantitative estimate of drug-likeness (QED) is 0.664. The van der Waals surface area contributed by atoms with E-state index in [0.29, 0.717) is 25.7 Å². The molecule has 0 radical (unpaired) electrons. The first-order valence-electron chi connectivity index (χ1n) is 6.37. The van der Waals surface area contributed by atoms with Crippen molar-refractivity contribution in [2.45, 2.75) is 18.9 Å². The first kappa shape index (κ1) is 13.3. The molecular weight excluding hydrogens is 236 g/mol. The Balaban J connectivity index is 1.79. The van der Waals surface area contributed by atoms with Crippen molar-refractivity contribution in [1.29, 1.82) is 0 Å². The Morgan fingerprint density at radius 3 is 2.89 bits per heavy atom. The van der Waals surface area contributed by atoms with Crippen LogP contribution in [0.1, 0.15) is 12.8 Å². The van der Waals surface area contributed by atoms with E-state index in [4.69, 9.17) is 9.47 Å². The number of rotatable bonds is 5. The van der Waals surface area contributed by atoms with Crippen LogP contribution in [0.25, 0.3) is 0 Å². The SMILES string of the molecule is COC(=O)C1COCCN1CC(=O)NCC1CC1. The van der Waals surface area contributed by atoms with E-state index in [9.17, 15) is 9.59 Å². The minimum atomic E-state index is -0.463. The largest absolute Gasteiger partial charge is 0.468 e. The van der Waals surface area contributed by atoms with Gasteiger partial charge in [-0.2, -0.15) is 0 Å². The normalized spacial score (nSPS) is 24.6. The lowest BCUT2D eigenvalue weighted by Crippen LogP contribution is -2.53. The van der Waals surface area contributed by atoms with Gasteiger partial charge in [0.2, 0.25) is 5.91 Å². The zero-order valence-corrected chi connectivity index (χ0v) is 10.7. The maximum absolute atomic E-state index is 11.8. The Morgan fingerprint density at radius 1 is 1.44 bits per heavy atom. The summed E-state index contributed by atoms with van der Waals surface area (Å²) in [7, 11) is 1.35. The Labute approximate surface area is 107 Å². The summed E-state index contributed by atoms with van der Waals surface area (Å²) in [6.45, 7) is 2.41. The van der Waals surface area contributed by atoms with Crippen molar-refractivity contribution in [3.63, 3.8) is 0 Å². The van der Waals surface area contributed by atoms with Gasteiger partial charge in [-0.15, -0.1) is 0 Å². The first-order chi connectivity index (χ1) is 8.70. The summed E-state index contributed by atoms with van der Waals surface area (Å²) in [5, 5.41) is 2.90. The minimum absolute atomic E-state index is 0.0299. The van der Waals surface area contributed by atoms with Gasteiger partial charge in [-0.25, -0.2) is 0 Å². The highest BCUT2D eigenvalue weighted by Gasteiger charge is 2.31. The van der Waals surface area contributed by atoms with Crippen LogP contribution in [0.15, 0.2) is 0 Å². The number of amides is 1. The number of carbonyl (C=O) groups is 2. The number of hydrogen-bond donors (Lipinski definition) is 1. The van der Waals surface area contributed by atoms with Crippen LogP contribution in [-0.4, -0.2) is 62.8 Å². The number of nitrogens with one attached hydrogen (secondary N) is 1. The van der Waals surface area contributed by atoms with E-state index in [-0.39, 0.29) is 18.4 Å². The molecule has 1 atom stereocenters.